The molecule has 0 radical (unpaired) electrons. The monoisotopic (exact) mass is 773 g/mol. The van der Waals surface area contributed by atoms with Gasteiger partial charge in [-0.2, -0.15) is 0 Å². The van der Waals surface area contributed by atoms with E-state index >= 15 is 0 Å². The molecule has 3 fully saturated rings. The maximum Gasteiger partial charge on any atom is 0.229 e. The van der Waals surface area contributed by atoms with Crippen LogP contribution in [-0.2, 0) is 14.3 Å². The lowest BCUT2D eigenvalue weighted by Gasteiger charge is -2.39. The van der Waals surface area contributed by atoms with Crippen molar-refractivity contribution in [2.45, 2.75) is 143 Å². The van der Waals surface area contributed by atoms with E-state index in [-0.39, 0.29) is 46.5 Å². The van der Waals surface area contributed by atoms with Crippen molar-refractivity contribution < 1.29 is 19.4 Å². The Balaban J connectivity index is 1.000. The third-order valence-electron chi connectivity index (χ3n) is 13.1. The van der Waals surface area contributed by atoms with Crippen LogP contribution in [0.1, 0.15) is 137 Å². The molecule has 3 heterocycles. The van der Waals surface area contributed by atoms with Crippen LogP contribution in [0.25, 0.3) is 33.6 Å². The van der Waals surface area contributed by atoms with Gasteiger partial charge >= 0.3 is 0 Å². The van der Waals surface area contributed by atoms with Crippen LogP contribution in [0, 0.1) is 22.2 Å². The third-order valence-corrected chi connectivity index (χ3v) is 13.1. The Kier molecular flexibility index (Phi) is 11.3. The number of allylic oxidation sites excluding steroid dienone is 2. The molecule has 7 atom stereocenters. The number of aromatic amines is 2. The van der Waals surface area contributed by atoms with Crippen LogP contribution in [-0.4, -0.2) is 54.5 Å². The number of nitrogens with zero attached hydrogens (tertiary/aromatic N) is 2. The summed E-state index contributed by atoms with van der Waals surface area (Å²) < 4.78 is 5.88. The molecule has 304 valence electrons. The number of fused-ring (bicyclic) bond motifs is 1. The molecule has 2 aromatic carbocycles. The van der Waals surface area contributed by atoms with E-state index in [1.54, 1.807) is 0 Å². The van der Waals surface area contributed by atoms with E-state index in [9.17, 15) is 14.7 Å². The van der Waals surface area contributed by atoms with Gasteiger partial charge in [-0.1, -0.05) is 128 Å². The number of aliphatic hydroxyl groups is 1. The second-order valence-electron chi connectivity index (χ2n) is 19.5. The molecule has 9 heteroatoms. The first kappa shape index (κ1) is 40.8. The minimum absolute atomic E-state index is 0.0504. The number of imidazole rings is 2. The molecule has 1 aliphatic heterocycles. The van der Waals surface area contributed by atoms with Crippen LogP contribution in [0.5, 0.6) is 0 Å². The summed E-state index contributed by atoms with van der Waals surface area (Å²) in [5.41, 5.74) is 4.51. The predicted octanol–water partition coefficient (Wildman–Crippen LogP) is 10.3. The molecule has 1 saturated heterocycles. The number of carbonyl (C=O) groups excluding carboxylic acids is 2. The van der Waals surface area contributed by atoms with Gasteiger partial charge in [-0.05, 0) is 78.0 Å². The van der Waals surface area contributed by atoms with E-state index in [0.717, 1.165) is 78.0 Å². The highest BCUT2D eigenvalue weighted by Crippen LogP contribution is 2.49. The number of rotatable bonds is 12. The van der Waals surface area contributed by atoms with Crippen molar-refractivity contribution >= 4 is 11.7 Å². The summed E-state index contributed by atoms with van der Waals surface area (Å²) in [7, 11) is 0. The Morgan fingerprint density at radius 3 is 1.93 bits per heavy atom. The molecular weight excluding hydrogens is 711 g/mol. The molecule has 57 heavy (non-hydrogen) atoms. The van der Waals surface area contributed by atoms with Crippen molar-refractivity contribution in [2.75, 3.05) is 0 Å². The van der Waals surface area contributed by atoms with Gasteiger partial charge in [0, 0.05) is 12.3 Å². The number of nitrogens with one attached hydrogen (secondary N) is 3. The van der Waals surface area contributed by atoms with E-state index in [0.29, 0.717) is 25.1 Å². The first-order chi connectivity index (χ1) is 27.0. The number of aliphatic hydroxyl groups excluding tert-OH is 1. The van der Waals surface area contributed by atoms with Gasteiger partial charge in [0.2, 0.25) is 5.91 Å². The van der Waals surface area contributed by atoms with E-state index in [1.807, 2.05) is 25.4 Å². The summed E-state index contributed by atoms with van der Waals surface area (Å²) in [5.74, 6) is 2.09. The number of amides is 1. The topological polar surface area (TPSA) is 136 Å². The maximum absolute atomic E-state index is 13.6. The molecule has 1 amide bonds. The lowest BCUT2D eigenvalue weighted by Crippen LogP contribution is -2.51. The quantitative estimate of drug-likeness (QED) is 0.0836. The van der Waals surface area contributed by atoms with Crippen molar-refractivity contribution in [3.8, 4) is 33.6 Å². The summed E-state index contributed by atoms with van der Waals surface area (Å²) in [5, 5.41) is 14.0. The molecular formula is C48H63N5O4. The lowest BCUT2D eigenvalue weighted by atomic mass is 9.72. The zero-order valence-corrected chi connectivity index (χ0v) is 35.2. The number of epoxide rings is 1. The number of hydrogen-bond acceptors (Lipinski definition) is 6. The van der Waals surface area contributed by atoms with E-state index in [1.165, 1.54) is 0 Å². The zero-order valence-electron chi connectivity index (χ0n) is 35.2. The summed E-state index contributed by atoms with van der Waals surface area (Å²) >= 11 is 0. The minimum atomic E-state index is -0.799. The highest BCUT2D eigenvalue weighted by Gasteiger charge is 2.61. The van der Waals surface area contributed by atoms with Gasteiger partial charge in [-0.15, -0.1) is 0 Å². The molecule has 4 aromatic rings. The first-order valence-electron chi connectivity index (χ1n) is 21.2. The smallest absolute Gasteiger partial charge is 0.229 e. The summed E-state index contributed by atoms with van der Waals surface area (Å²) in [6.45, 7) is 17.1. The molecule has 2 saturated carbocycles. The fourth-order valence-corrected chi connectivity index (χ4v) is 9.48. The van der Waals surface area contributed by atoms with Gasteiger partial charge < -0.3 is 25.1 Å². The second-order valence-corrected chi connectivity index (χ2v) is 19.5. The third kappa shape index (κ3) is 8.47. The Morgan fingerprint density at radius 2 is 1.37 bits per heavy atom. The van der Waals surface area contributed by atoms with Crippen LogP contribution < -0.4 is 5.32 Å². The fraction of sp³-hybridized carbons (Fsp3) is 0.542. The predicted molar refractivity (Wildman–Crippen MR) is 226 cm³/mol. The van der Waals surface area contributed by atoms with Crippen LogP contribution in [0.4, 0.5) is 0 Å². The van der Waals surface area contributed by atoms with Crippen molar-refractivity contribution in [2.24, 2.45) is 22.2 Å². The van der Waals surface area contributed by atoms with Crippen LogP contribution in [0.15, 0.2) is 73.1 Å². The fourth-order valence-electron chi connectivity index (χ4n) is 9.48. The minimum Gasteiger partial charge on any atom is -0.392 e. The second kappa shape index (κ2) is 15.8. The number of benzene rings is 2. The SMILES string of the molecule is CC(C=CCC(=O)C12CCCCC1O2)C(c1ncc(-c2ccc(-c3ccc(-c4cnc(C(NC(=O)C5(C)CCCCC5O)C(C)(C)C)[nH]4)cc3)cc2)[nH]1)C(C)(C)C. The van der Waals surface area contributed by atoms with Gasteiger partial charge in [-0.25, -0.2) is 9.97 Å². The molecule has 3 aliphatic rings. The number of carbonyl (C=O) groups is 2. The standard InChI is InChI=1S/C48H63N5O4/c1-30(14-13-16-38(55)48-27-12-10-17-39(48)57-48)40(45(2,3)4)42-49-28-35(51-42)33-22-18-31(19-23-33)32-20-24-34(25-21-32)36-29-50-43(52-36)41(46(5,6)7)53-44(56)47(8)26-11-9-15-37(47)54/h13-14,18-25,28-30,37,39-41,54H,9-12,15-17,26-27H2,1-8H3,(H,49,51)(H,50,52)(H,53,56). The molecule has 2 aliphatic carbocycles. The Labute approximate surface area is 338 Å². The molecule has 0 bridgehead atoms. The van der Waals surface area contributed by atoms with Crippen molar-refractivity contribution in [1.29, 1.82) is 0 Å². The largest absolute Gasteiger partial charge is 0.392 e. The molecule has 7 unspecified atom stereocenters. The lowest BCUT2D eigenvalue weighted by molar-refractivity contribution is -0.141. The van der Waals surface area contributed by atoms with Gasteiger partial charge in [0.05, 0.1) is 47.4 Å². The van der Waals surface area contributed by atoms with Crippen LogP contribution in [0.2, 0.25) is 0 Å². The number of hydrogen-bond donors (Lipinski definition) is 4. The number of aromatic nitrogens is 4. The zero-order chi connectivity index (χ0) is 40.8. The van der Waals surface area contributed by atoms with Gasteiger partial charge in [0.25, 0.3) is 0 Å². The Morgan fingerprint density at radius 1 is 0.825 bits per heavy atom. The van der Waals surface area contributed by atoms with Crippen molar-refractivity contribution in [1.82, 2.24) is 25.3 Å². The highest BCUT2D eigenvalue weighted by atomic mass is 16.6. The first-order valence-corrected chi connectivity index (χ1v) is 21.2. The molecule has 2 aromatic heterocycles. The number of Topliss-reactive ketones (excluding diaryl/α,β-unsaturated/α-hetero) is 1. The average molecular weight is 774 g/mol. The number of H-pyrrole nitrogens is 2. The normalized spacial score (nSPS) is 25.4. The van der Waals surface area contributed by atoms with E-state index in [2.05, 4.69) is 118 Å². The van der Waals surface area contributed by atoms with Crippen molar-refractivity contribution in [3.63, 3.8) is 0 Å². The molecule has 4 N–H and O–H groups in total. The molecule has 0 spiro atoms. The molecule has 9 nitrogen and oxygen atoms in total. The Hall–Kier alpha value is -4.34. The van der Waals surface area contributed by atoms with Gasteiger partial charge in [0.15, 0.2) is 11.4 Å². The maximum atomic E-state index is 13.6. The van der Waals surface area contributed by atoms with Crippen LogP contribution in [0.3, 0.4) is 0 Å². The summed E-state index contributed by atoms with van der Waals surface area (Å²) in [6.07, 6.45) is 15.3. The molecule has 7 rings (SSSR count). The van der Waals surface area contributed by atoms with Crippen LogP contribution >= 0.6 is 0 Å². The average Bonchev–Trinajstić information content (AvgIpc) is 3.44. The summed E-state index contributed by atoms with van der Waals surface area (Å²) in [6, 6.07) is 16.6. The number of ketones is 1. The summed E-state index contributed by atoms with van der Waals surface area (Å²) in [4.78, 5) is 43.4. The highest BCUT2D eigenvalue weighted by molar-refractivity contribution is 5.91. The number of ether oxygens (including phenoxy) is 1. The van der Waals surface area contributed by atoms with Gasteiger partial charge in [0.1, 0.15) is 11.6 Å². The van der Waals surface area contributed by atoms with E-state index < -0.39 is 17.1 Å². The Bertz CT molecular complexity index is 2070. The van der Waals surface area contributed by atoms with Crippen molar-refractivity contribution in [3.05, 3.63) is 84.7 Å². The van der Waals surface area contributed by atoms with E-state index in [4.69, 9.17) is 14.7 Å². The van der Waals surface area contributed by atoms with Gasteiger partial charge in [-0.3, -0.25) is 9.59 Å².